The molecule has 0 saturated heterocycles. The molecule has 0 saturated carbocycles. The predicted molar refractivity (Wildman–Crippen MR) is 85.8 cm³/mol. The highest BCUT2D eigenvalue weighted by atomic mass is 16.5. The van der Waals surface area contributed by atoms with Gasteiger partial charge in [0.05, 0.1) is 7.11 Å². The van der Waals surface area contributed by atoms with Gasteiger partial charge in [-0.05, 0) is 36.4 Å². The molecule has 0 spiro atoms. The van der Waals surface area contributed by atoms with Gasteiger partial charge in [0, 0.05) is 12.1 Å². The average molecular weight is 276 g/mol. The van der Waals surface area contributed by atoms with E-state index in [2.05, 4.69) is 60.7 Å². The summed E-state index contributed by atoms with van der Waals surface area (Å²) in [4.78, 5) is 1.24. The van der Waals surface area contributed by atoms with E-state index >= 15 is 0 Å². The van der Waals surface area contributed by atoms with Crippen molar-refractivity contribution in [1.82, 2.24) is 0 Å². The van der Waals surface area contributed by atoms with Crippen LogP contribution in [0.2, 0.25) is 0 Å². The first kappa shape index (κ1) is 13.4. The fourth-order valence-corrected chi connectivity index (χ4v) is 2.47. The Balaban J connectivity index is 2.07. The maximum absolute atomic E-state index is 5.25. The van der Waals surface area contributed by atoms with Crippen LogP contribution in [-0.2, 0) is 0 Å². The molecular weight excluding hydrogens is 258 g/mol. The van der Waals surface area contributed by atoms with E-state index in [4.69, 9.17) is 4.74 Å². The molecule has 3 rings (SSSR count). The predicted octanol–water partition coefficient (Wildman–Crippen LogP) is 3.88. The van der Waals surface area contributed by atoms with Crippen molar-refractivity contribution in [3.63, 3.8) is 0 Å². The highest BCUT2D eigenvalue weighted by Gasteiger charge is 2.17. The van der Waals surface area contributed by atoms with Crippen molar-refractivity contribution < 1.29 is 9.64 Å². The number of hydrogen-bond acceptors (Lipinski definition) is 1. The van der Waals surface area contributed by atoms with Gasteiger partial charge in [0.25, 0.3) is 0 Å². The van der Waals surface area contributed by atoms with Gasteiger partial charge in [0.2, 0.25) is 0 Å². The second-order valence-corrected chi connectivity index (χ2v) is 4.84. The van der Waals surface area contributed by atoms with Gasteiger partial charge in [-0.3, -0.25) is 0 Å². The normalized spacial score (nSPS) is 10.6. The molecule has 3 aromatic carbocycles. The second kappa shape index (κ2) is 6.25. The SMILES string of the molecule is COc1ccc([NH+](c2ccccc2)c2ccccc2)cc1. The Hall–Kier alpha value is -2.58. The molecule has 0 radical (unpaired) electrons. The topological polar surface area (TPSA) is 13.7 Å². The smallest absolute Gasteiger partial charge is 0.141 e. The van der Waals surface area contributed by atoms with E-state index in [0.717, 1.165) is 5.75 Å². The number of para-hydroxylation sites is 2. The van der Waals surface area contributed by atoms with E-state index in [1.165, 1.54) is 22.0 Å². The molecule has 2 heteroatoms. The Kier molecular flexibility index (Phi) is 3.99. The maximum Gasteiger partial charge on any atom is 0.141 e. The zero-order valence-electron chi connectivity index (χ0n) is 12.0. The van der Waals surface area contributed by atoms with E-state index in [1.54, 1.807) is 7.11 Å². The molecule has 104 valence electrons. The van der Waals surface area contributed by atoms with Gasteiger partial charge >= 0.3 is 0 Å². The summed E-state index contributed by atoms with van der Waals surface area (Å²) in [7, 11) is 1.69. The third-order valence-corrected chi connectivity index (χ3v) is 3.50. The molecular formula is C19H18NO+. The van der Waals surface area contributed by atoms with Gasteiger partial charge < -0.3 is 4.74 Å². The maximum atomic E-state index is 5.25. The Bertz CT molecular complexity index is 638. The lowest BCUT2D eigenvalue weighted by atomic mass is 10.2. The Morgan fingerprint density at radius 3 is 1.43 bits per heavy atom. The van der Waals surface area contributed by atoms with Crippen LogP contribution in [0.3, 0.4) is 0 Å². The van der Waals surface area contributed by atoms with Crippen LogP contribution in [0.4, 0.5) is 17.1 Å². The quantitative estimate of drug-likeness (QED) is 0.763. The van der Waals surface area contributed by atoms with E-state index in [-0.39, 0.29) is 0 Å². The number of rotatable bonds is 4. The van der Waals surface area contributed by atoms with Gasteiger partial charge in [-0.15, -0.1) is 0 Å². The molecule has 1 N–H and O–H groups in total. The third-order valence-electron chi connectivity index (χ3n) is 3.50. The minimum absolute atomic E-state index is 0.874. The molecule has 0 unspecified atom stereocenters. The molecule has 0 bridgehead atoms. The van der Waals surface area contributed by atoms with Crippen LogP contribution in [0, 0.1) is 0 Å². The van der Waals surface area contributed by atoms with Crippen LogP contribution >= 0.6 is 0 Å². The zero-order valence-corrected chi connectivity index (χ0v) is 12.0. The van der Waals surface area contributed by atoms with Gasteiger partial charge in [-0.1, -0.05) is 36.4 Å². The number of ether oxygens (including phenoxy) is 1. The van der Waals surface area contributed by atoms with E-state index in [9.17, 15) is 0 Å². The van der Waals surface area contributed by atoms with E-state index in [1.807, 2.05) is 24.3 Å². The Morgan fingerprint density at radius 2 is 1.00 bits per heavy atom. The molecule has 0 aromatic heterocycles. The van der Waals surface area contributed by atoms with E-state index < -0.39 is 0 Å². The van der Waals surface area contributed by atoms with Crippen LogP contribution in [0.25, 0.3) is 0 Å². The summed E-state index contributed by atoms with van der Waals surface area (Å²) >= 11 is 0. The summed E-state index contributed by atoms with van der Waals surface area (Å²) in [6.07, 6.45) is 0. The summed E-state index contributed by atoms with van der Waals surface area (Å²) in [5.41, 5.74) is 3.62. The van der Waals surface area contributed by atoms with E-state index in [0.29, 0.717) is 0 Å². The van der Waals surface area contributed by atoms with Crippen LogP contribution in [0.5, 0.6) is 5.75 Å². The van der Waals surface area contributed by atoms with Gasteiger partial charge in [-0.25, -0.2) is 4.90 Å². The first-order valence-electron chi connectivity index (χ1n) is 7.01. The van der Waals surface area contributed by atoms with Crippen molar-refractivity contribution >= 4 is 17.1 Å². The summed E-state index contributed by atoms with van der Waals surface area (Å²) in [5, 5.41) is 0. The standard InChI is InChI=1S/C19H17NO/c1-21-19-14-12-18(13-15-19)20(16-8-4-2-5-9-16)17-10-6-3-7-11-17/h2-15H,1H3/p+1. The second-order valence-electron chi connectivity index (χ2n) is 4.84. The molecule has 3 aromatic rings. The minimum Gasteiger partial charge on any atom is -0.497 e. The van der Waals surface area contributed by atoms with Gasteiger partial charge in [-0.2, -0.15) is 0 Å². The molecule has 0 fully saturated rings. The average Bonchev–Trinajstić information content (AvgIpc) is 2.58. The highest BCUT2D eigenvalue weighted by Crippen LogP contribution is 2.18. The highest BCUT2D eigenvalue weighted by molar-refractivity contribution is 5.47. The summed E-state index contributed by atoms with van der Waals surface area (Å²) < 4.78 is 5.25. The van der Waals surface area contributed by atoms with Crippen LogP contribution in [0.1, 0.15) is 0 Å². The van der Waals surface area contributed by atoms with Crippen molar-refractivity contribution in [3.05, 3.63) is 84.9 Å². The van der Waals surface area contributed by atoms with Crippen molar-refractivity contribution in [2.24, 2.45) is 0 Å². The number of methoxy groups -OCH3 is 1. The molecule has 0 atom stereocenters. The van der Waals surface area contributed by atoms with Crippen molar-refractivity contribution in [2.45, 2.75) is 0 Å². The van der Waals surface area contributed by atoms with Gasteiger partial charge in [0.1, 0.15) is 22.8 Å². The van der Waals surface area contributed by atoms with Crippen molar-refractivity contribution in [1.29, 1.82) is 0 Å². The largest absolute Gasteiger partial charge is 0.497 e. The minimum atomic E-state index is 0.874. The number of nitrogens with one attached hydrogen (secondary N) is 1. The molecule has 0 heterocycles. The van der Waals surface area contributed by atoms with Crippen LogP contribution in [0.15, 0.2) is 84.9 Å². The lowest BCUT2D eigenvalue weighted by molar-refractivity contribution is -0.681. The lowest BCUT2D eigenvalue weighted by Crippen LogP contribution is -2.96. The first-order valence-corrected chi connectivity index (χ1v) is 7.01. The summed E-state index contributed by atoms with van der Waals surface area (Å²) in [6, 6.07) is 29.2. The number of hydrogen-bond donors (Lipinski definition) is 1. The monoisotopic (exact) mass is 276 g/mol. The third kappa shape index (κ3) is 2.96. The van der Waals surface area contributed by atoms with Crippen LogP contribution < -0.4 is 9.64 Å². The fourth-order valence-electron chi connectivity index (χ4n) is 2.47. The van der Waals surface area contributed by atoms with Crippen LogP contribution in [-0.4, -0.2) is 7.11 Å². The zero-order chi connectivity index (χ0) is 14.5. The lowest BCUT2D eigenvalue weighted by Gasteiger charge is -2.18. The molecule has 2 nitrogen and oxygen atoms in total. The molecule has 0 amide bonds. The molecule has 21 heavy (non-hydrogen) atoms. The van der Waals surface area contributed by atoms with Crippen molar-refractivity contribution in [3.8, 4) is 5.75 Å². The molecule has 0 aliphatic heterocycles. The fraction of sp³-hybridized carbons (Fsp3) is 0.0526. The van der Waals surface area contributed by atoms with Crippen molar-refractivity contribution in [2.75, 3.05) is 7.11 Å². The summed E-state index contributed by atoms with van der Waals surface area (Å²) in [6.45, 7) is 0. The van der Waals surface area contributed by atoms with Gasteiger partial charge in [0.15, 0.2) is 0 Å². The summed E-state index contributed by atoms with van der Waals surface area (Å²) in [5.74, 6) is 0.874. The Morgan fingerprint density at radius 1 is 0.571 bits per heavy atom. The number of benzene rings is 3. The first-order chi connectivity index (χ1) is 10.4. The Labute approximate surface area is 125 Å². The number of quaternary nitrogens is 1. The molecule has 0 aliphatic rings. The molecule has 0 aliphatic carbocycles.